The van der Waals surface area contributed by atoms with Crippen molar-refractivity contribution in [2.24, 2.45) is 0 Å². The van der Waals surface area contributed by atoms with Crippen LogP contribution in [0.4, 0.5) is 0 Å². The number of hydrogen-bond acceptors (Lipinski definition) is 1. The summed E-state index contributed by atoms with van der Waals surface area (Å²) in [5.41, 5.74) is 0. The molecular weight excluding hydrogens is 500 g/mol. The van der Waals surface area contributed by atoms with E-state index in [1.165, 1.54) is 40.9 Å². The highest BCUT2D eigenvalue weighted by Gasteiger charge is 2.41. The third kappa shape index (κ3) is 3.39. The van der Waals surface area contributed by atoms with Crippen LogP contribution in [0.15, 0.2) is 132 Å². The Balaban J connectivity index is 1.75. The van der Waals surface area contributed by atoms with Crippen LogP contribution in [0, 0.1) is 0 Å². The van der Waals surface area contributed by atoms with Gasteiger partial charge in [0.15, 0.2) is 8.07 Å². The minimum atomic E-state index is -2.50. The molecule has 158 valence electrons. The second-order valence-corrected chi connectivity index (χ2v) is 14.1. The zero-order valence-corrected chi connectivity index (χ0v) is 21.3. The number of hydrogen-bond donors (Lipinski definition) is 0. The molecule has 0 unspecified atom stereocenters. The maximum Gasteiger partial charge on any atom is 0.179 e. The highest BCUT2D eigenvalue weighted by atomic mass is 79.9. The molecule has 0 radical (unpaired) electrons. The molecule has 0 atom stereocenters. The van der Waals surface area contributed by atoms with Crippen LogP contribution >= 0.6 is 27.3 Å². The molecule has 0 saturated heterocycles. The lowest BCUT2D eigenvalue weighted by molar-refractivity contribution is 1.68. The quantitative estimate of drug-likeness (QED) is 0.192. The van der Waals surface area contributed by atoms with Gasteiger partial charge in [-0.3, -0.25) is 0 Å². The summed E-state index contributed by atoms with van der Waals surface area (Å²) in [4.78, 5) is 0. The lowest BCUT2D eigenvalue weighted by Gasteiger charge is -2.34. The monoisotopic (exact) mass is 520 g/mol. The van der Waals surface area contributed by atoms with Gasteiger partial charge in [-0.1, -0.05) is 119 Å². The van der Waals surface area contributed by atoms with Gasteiger partial charge in [0, 0.05) is 24.6 Å². The molecule has 0 aliphatic heterocycles. The van der Waals surface area contributed by atoms with E-state index in [9.17, 15) is 0 Å². The van der Waals surface area contributed by atoms with Crippen molar-refractivity contribution in [2.75, 3.05) is 0 Å². The number of fused-ring (bicyclic) bond motifs is 3. The third-order valence-corrected chi connectivity index (χ3v) is 12.9. The molecule has 0 saturated carbocycles. The summed E-state index contributed by atoms with van der Waals surface area (Å²) < 4.78 is 3.79. The van der Waals surface area contributed by atoms with Crippen molar-refractivity contribution in [1.82, 2.24) is 0 Å². The molecule has 3 heteroatoms. The smallest absolute Gasteiger partial charge is 0.135 e. The highest BCUT2D eigenvalue weighted by molar-refractivity contribution is 9.10. The standard InChI is InChI=1S/C30H21BrSSi/c31-22-16-18-29-27(20-22)28-21-26(17-19-30(28)32-29)33(23-10-4-1-5-11-23,24-12-6-2-7-13-24)25-14-8-3-9-15-25/h1-21H. The summed E-state index contributed by atoms with van der Waals surface area (Å²) in [6, 6.07) is 47.1. The van der Waals surface area contributed by atoms with Gasteiger partial charge in [0.1, 0.15) is 0 Å². The van der Waals surface area contributed by atoms with Crippen molar-refractivity contribution in [3.8, 4) is 0 Å². The topological polar surface area (TPSA) is 0 Å². The van der Waals surface area contributed by atoms with E-state index in [2.05, 4.69) is 143 Å². The Labute approximate surface area is 207 Å². The van der Waals surface area contributed by atoms with Crippen LogP contribution < -0.4 is 20.7 Å². The van der Waals surface area contributed by atoms with Crippen LogP contribution in [0.25, 0.3) is 20.2 Å². The molecule has 1 aromatic heterocycles. The van der Waals surface area contributed by atoms with Gasteiger partial charge in [0.2, 0.25) is 0 Å². The fraction of sp³-hybridized carbons (Fsp3) is 0. The molecule has 0 bridgehead atoms. The molecular formula is C30H21BrSSi. The second kappa shape index (κ2) is 8.42. The first-order valence-electron chi connectivity index (χ1n) is 11.1. The number of halogens is 1. The molecule has 5 aromatic carbocycles. The van der Waals surface area contributed by atoms with E-state index in [0.29, 0.717) is 0 Å². The van der Waals surface area contributed by atoms with E-state index >= 15 is 0 Å². The molecule has 0 spiro atoms. The first-order valence-corrected chi connectivity index (χ1v) is 14.7. The first-order chi connectivity index (χ1) is 16.3. The Bertz CT molecular complexity index is 1460. The van der Waals surface area contributed by atoms with Gasteiger partial charge in [0.25, 0.3) is 0 Å². The predicted octanol–water partition coefficient (Wildman–Crippen LogP) is 6.19. The maximum absolute atomic E-state index is 3.68. The van der Waals surface area contributed by atoms with Gasteiger partial charge in [-0.2, -0.15) is 0 Å². The molecule has 0 nitrogen and oxygen atoms in total. The van der Waals surface area contributed by atoms with Crippen LogP contribution in [0.3, 0.4) is 0 Å². The van der Waals surface area contributed by atoms with E-state index in [1.807, 2.05) is 11.3 Å². The van der Waals surface area contributed by atoms with E-state index in [-0.39, 0.29) is 0 Å². The molecule has 1 heterocycles. The van der Waals surface area contributed by atoms with E-state index in [1.54, 1.807) is 0 Å². The summed E-state index contributed by atoms with van der Waals surface area (Å²) in [5.74, 6) is 0. The van der Waals surface area contributed by atoms with Crippen LogP contribution in [-0.2, 0) is 0 Å². The van der Waals surface area contributed by atoms with Crippen molar-refractivity contribution in [3.63, 3.8) is 0 Å². The Morgan fingerprint density at radius 1 is 0.455 bits per heavy atom. The summed E-state index contributed by atoms with van der Waals surface area (Å²) in [6.07, 6.45) is 0. The summed E-state index contributed by atoms with van der Waals surface area (Å²) in [6.45, 7) is 0. The van der Waals surface area contributed by atoms with Gasteiger partial charge >= 0.3 is 0 Å². The summed E-state index contributed by atoms with van der Waals surface area (Å²) >= 11 is 5.56. The van der Waals surface area contributed by atoms with Crippen LogP contribution in [0.2, 0.25) is 0 Å². The van der Waals surface area contributed by atoms with Crippen molar-refractivity contribution in [2.45, 2.75) is 0 Å². The van der Waals surface area contributed by atoms with Crippen molar-refractivity contribution in [3.05, 3.63) is 132 Å². The maximum atomic E-state index is 3.68. The largest absolute Gasteiger partial charge is 0.179 e. The van der Waals surface area contributed by atoms with Crippen molar-refractivity contribution in [1.29, 1.82) is 0 Å². The Hall–Kier alpha value is -2.98. The highest BCUT2D eigenvalue weighted by Crippen LogP contribution is 2.35. The predicted molar refractivity (Wildman–Crippen MR) is 151 cm³/mol. The molecule has 0 aliphatic carbocycles. The first kappa shape index (κ1) is 20.6. The van der Waals surface area contributed by atoms with Gasteiger partial charge in [-0.15, -0.1) is 11.3 Å². The lowest BCUT2D eigenvalue weighted by Crippen LogP contribution is -2.74. The van der Waals surface area contributed by atoms with Gasteiger partial charge in [0.05, 0.1) is 0 Å². The van der Waals surface area contributed by atoms with E-state index in [4.69, 9.17) is 0 Å². The van der Waals surface area contributed by atoms with Gasteiger partial charge in [-0.05, 0) is 45.0 Å². The van der Waals surface area contributed by atoms with Crippen LogP contribution in [0.1, 0.15) is 0 Å². The number of thiophene rings is 1. The average Bonchev–Trinajstić information content (AvgIpc) is 3.24. The molecule has 6 rings (SSSR count). The second-order valence-electron chi connectivity index (χ2n) is 8.30. The normalized spacial score (nSPS) is 11.8. The fourth-order valence-corrected chi connectivity index (χ4v) is 11.2. The number of benzene rings is 5. The number of rotatable bonds is 4. The molecule has 33 heavy (non-hydrogen) atoms. The van der Waals surface area contributed by atoms with E-state index in [0.717, 1.165) is 4.47 Å². The Morgan fingerprint density at radius 3 is 1.42 bits per heavy atom. The van der Waals surface area contributed by atoms with Crippen molar-refractivity contribution < 1.29 is 0 Å². The minimum Gasteiger partial charge on any atom is -0.135 e. The molecule has 6 aromatic rings. The molecule has 0 aliphatic rings. The SMILES string of the molecule is Brc1ccc2sc3ccc([Si](c4ccccc4)(c4ccccc4)c4ccccc4)cc3c2c1. The fourth-order valence-electron chi connectivity index (χ4n) is 5.05. The van der Waals surface area contributed by atoms with Crippen LogP contribution in [0.5, 0.6) is 0 Å². The van der Waals surface area contributed by atoms with Crippen LogP contribution in [-0.4, -0.2) is 8.07 Å². The summed E-state index contributed by atoms with van der Waals surface area (Å²) in [5, 5.41) is 8.29. The molecule has 0 fully saturated rings. The Kier molecular flexibility index (Phi) is 5.26. The summed E-state index contributed by atoms with van der Waals surface area (Å²) in [7, 11) is -2.50. The molecule has 0 N–H and O–H groups in total. The van der Waals surface area contributed by atoms with Gasteiger partial charge < -0.3 is 0 Å². The minimum absolute atomic E-state index is 1.12. The zero-order chi connectivity index (χ0) is 22.3. The third-order valence-electron chi connectivity index (χ3n) is 6.48. The molecule has 0 amide bonds. The van der Waals surface area contributed by atoms with E-state index < -0.39 is 8.07 Å². The lowest BCUT2D eigenvalue weighted by atomic mass is 10.1. The van der Waals surface area contributed by atoms with Gasteiger partial charge in [-0.25, -0.2) is 0 Å². The zero-order valence-electron chi connectivity index (χ0n) is 17.9. The Morgan fingerprint density at radius 2 is 0.909 bits per heavy atom. The average molecular weight is 522 g/mol. The van der Waals surface area contributed by atoms with Crippen molar-refractivity contribution >= 4 is 76.3 Å².